The van der Waals surface area contributed by atoms with Crippen LogP contribution in [0.3, 0.4) is 0 Å². The van der Waals surface area contributed by atoms with Gasteiger partial charge in [-0.05, 0) is 71.6 Å². The number of esters is 2. The molecule has 0 bridgehead atoms. The molecule has 5 atom stereocenters. The van der Waals surface area contributed by atoms with Gasteiger partial charge in [0.05, 0.1) is 33.9 Å². The van der Waals surface area contributed by atoms with Gasteiger partial charge in [0.1, 0.15) is 6.10 Å². The van der Waals surface area contributed by atoms with Crippen LogP contribution in [0.15, 0.2) is 78.9 Å². The highest BCUT2D eigenvalue weighted by atomic mass is 16.7. The molecule has 4 aromatic rings. The van der Waals surface area contributed by atoms with E-state index in [0.717, 1.165) is 11.1 Å². The van der Waals surface area contributed by atoms with Crippen LogP contribution in [-0.2, 0) is 38.3 Å². The maximum atomic E-state index is 12.8. The van der Waals surface area contributed by atoms with E-state index in [9.17, 15) is 9.59 Å². The SMILES string of the molecule is CC(Cc1ccccc1)C(C)Cc1ccccc1.COc1cc2c(c(OC)c1OC)-c1cc3c(cc1[C@@H](OC(C)=O)[C@H]1COC(=O)[C@@H]1C2)OCO3. The molecule has 0 aromatic heterocycles. The average Bonchev–Trinajstić information content (AvgIpc) is 3.75. The number of methoxy groups -OCH3 is 3. The summed E-state index contributed by atoms with van der Waals surface area (Å²) in [6.07, 6.45) is 1.97. The zero-order valence-electron chi connectivity index (χ0n) is 30.1. The van der Waals surface area contributed by atoms with E-state index in [0.29, 0.717) is 58.1 Å². The quantitative estimate of drug-likeness (QED) is 0.163. The van der Waals surface area contributed by atoms with Gasteiger partial charge < -0.3 is 33.2 Å². The fourth-order valence-corrected chi connectivity index (χ4v) is 7.35. The average molecular weight is 695 g/mol. The standard InChI is InChI=1S/C24H24O9.C18H22/c1-11(25)33-21-14-8-18-17(31-10-32-18)7-13(14)20-12(5-15-16(21)9-30-24(15)26)6-19(27-2)22(28-3)23(20)29-4;1-15(13-17-9-5-3-6-10-17)16(2)14-18-11-7-4-8-12-18/h6-8,15-16,21H,5,9-10H2,1-4H3;3-12,15-16H,13-14H2,1-2H3/t15-,16+,21-;/m1./s1. The minimum absolute atomic E-state index is 0.0834. The van der Waals surface area contributed by atoms with Crippen molar-refractivity contribution in [3.8, 4) is 39.9 Å². The Bertz CT molecular complexity index is 1790. The zero-order chi connectivity index (χ0) is 36.1. The highest BCUT2D eigenvalue weighted by molar-refractivity contribution is 5.86. The molecular formula is C42H46O9. The molecule has 0 radical (unpaired) electrons. The molecule has 51 heavy (non-hydrogen) atoms. The van der Waals surface area contributed by atoms with Gasteiger partial charge in [0.25, 0.3) is 0 Å². The van der Waals surface area contributed by atoms with Crippen LogP contribution in [0.1, 0.15) is 49.1 Å². The topological polar surface area (TPSA) is 98.8 Å². The van der Waals surface area contributed by atoms with Gasteiger partial charge in [0.15, 0.2) is 23.0 Å². The van der Waals surface area contributed by atoms with Crippen molar-refractivity contribution < 1.29 is 42.7 Å². The van der Waals surface area contributed by atoms with E-state index in [1.54, 1.807) is 20.3 Å². The molecule has 4 aromatic carbocycles. The van der Waals surface area contributed by atoms with E-state index < -0.39 is 18.0 Å². The molecule has 2 unspecified atom stereocenters. The summed E-state index contributed by atoms with van der Waals surface area (Å²) in [5.74, 6) is 2.19. The summed E-state index contributed by atoms with van der Waals surface area (Å²) in [6.45, 7) is 6.30. The first-order valence-corrected chi connectivity index (χ1v) is 17.4. The molecule has 1 saturated heterocycles. The monoisotopic (exact) mass is 694 g/mol. The van der Waals surface area contributed by atoms with Crippen molar-refractivity contribution in [1.82, 2.24) is 0 Å². The smallest absolute Gasteiger partial charge is 0.309 e. The van der Waals surface area contributed by atoms with Gasteiger partial charge in [0.2, 0.25) is 12.5 Å². The van der Waals surface area contributed by atoms with E-state index >= 15 is 0 Å². The lowest BCUT2D eigenvalue weighted by molar-refractivity contribution is -0.150. The Kier molecular flexibility index (Phi) is 11.0. The molecule has 268 valence electrons. The highest BCUT2D eigenvalue weighted by Gasteiger charge is 2.47. The van der Waals surface area contributed by atoms with E-state index in [1.165, 1.54) is 38.0 Å². The summed E-state index contributed by atoms with van der Waals surface area (Å²) >= 11 is 0. The number of benzene rings is 4. The Hall–Kier alpha value is -5.18. The van der Waals surface area contributed by atoms with Gasteiger partial charge in [-0.1, -0.05) is 74.5 Å². The van der Waals surface area contributed by atoms with Gasteiger partial charge in [-0.25, -0.2) is 0 Å². The predicted octanol–water partition coefficient (Wildman–Crippen LogP) is 7.80. The fourth-order valence-electron chi connectivity index (χ4n) is 7.35. The minimum atomic E-state index is -0.727. The Labute approximate surface area is 299 Å². The normalized spacial score (nSPS) is 19.3. The van der Waals surface area contributed by atoms with Gasteiger partial charge in [-0.2, -0.15) is 0 Å². The van der Waals surface area contributed by atoms with Crippen LogP contribution in [0.4, 0.5) is 0 Å². The Morgan fingerprint density at radius 2 is 1.37 bits per heavy atom. The third-order valence-electron chi connectivity index (χ3n) is 10.2. The van der Waals surface area contributed by atoms with Crippen molar-refractivity contribution in [3.05, 3.63) is 101 Å². The number of hydrogen-bond acceptors (Lipinski definition) is 9. The van der Waals surface area contributed by atoms with Crippen molar-refractivity contribution in [1.29, 1.82) is 0 Å². The third kappa shape index (κ3) is 7.62. The molecule has 2 heterocycles. The van der Waals surface area contributed by atoms with Crippen molar-refractivity contribution in [3.63, 3.8) is 0 Å². The van der Waals surface area contributed by atoms with Crippen LogP contribution in [-0.4, -0.2) is 46.7 Å². The Balaban J connectivity index is 0.000000211. The predicted molar refractivity (Wildman–Crippen MR) is 192 cm³/mol. The van der Waals surface area contributed by atoms with Crippen LogP contribution < -0.4 is 23.7 Å². The van der Waals surface area contributed by atoms with Crippen LogP contribution in [0.25, 0.3) is 11.1 Å². The fraction of sp³-hybridized carbons (Fsp3) is 0.381. The lowest BCUT2D eigenvalue weighted by Crippen LogP contribution is -2.29. The van der Waals surface area contributed by atoms with E-state index in [4.69, 9.17) is 33.2 Å². The molecule has 2 aliphatic heterocycles. The molecule has 9 heteroatoms. The molecule has 7 rings (SSSR count). The maximum Gasteiger partial charge on any atom is 0.309 e. The number of hydrogen-bond donors (Lipinski definition) is 0. The number of fused-ring (bicyclic) bond motifs is 5. The number of carbonyl (C=O) groups excluding carboxylic acids is 2. The van der Waals surface area contributed by atoms with E-state index in [-0.39, 0.29) is 25.3 Å². The summed E-state index contributed by atoms with van der Waals surface area (Å²) in [5, 5.41) is 0. The van der Waals surface area contributed by atoms with E-state index in [2.05, 4.69) is 74.5 Å². The maximum absolute atomic E-state index is 12.8. The number of ether oxygens (including phenoxy) is 7. The molecule has 1 aliphatic carbocycles. The minimum Gasteiger partial charge on any atom is -0.493 e. The first-order chi connectivity index (χ1) is 24.7. The Morgan fingerprint density at radius 1 is 0.784 bits per heavy atom. The molecule has 0 N–H and O–H groups in total. The van der Waals surface area contributed by atoms with Crippen molar-refractivity contribution in [2.45, 2.75) is 46.1 Å². The molecule has 0 spiro atoms. The largest absolute Gasteiger partial charge is 0.493 e. The van der Waals surface area contributed by atoms with Crippen LogP contribution in [0.2, 0.25) is 0 Å². The van der Waals surface area contributed by atoms with Crippen LogP contribution in [0.5, 0.6) is 28.7 Å². The molecular weight excluding hydrogens is 648 g/mol. The summed E-state index contributed by atoms with van der Waals surface area (Å²) < 4.78 is 39.5. The number of rotatable bonds is 9. The molecule has 9 nitrogen and oxygen atoms in total. The number of carbonyl (C=O) groups is 2. The van der Waals surface area contributed by atoms with Gasteiger partial charge in [-0.15, -0.1) is 0 Å². The van der Waals surface area contributed by atoms with E-state index in [1.807, 2.05) is 12.1 Å². The molecule has 1 fully saturated rings. The second-order valence-electron chi connectivity index (χ2n) is 13.4. The lowest BCUT2D eigenvalue weighted by atomic mass is 9.76. The number of cyclic esters (lactones) is 1. The molecule has 0 saturated carbocycles. The summed E-state index contributed by atoms with van der Waals surface area (Å²) in [7, 11) is 4.61. The molecule has 3 aliphatic rings. The second kappa shape index (κ2) is 15.8. The summed E-state index contributed by atoms with van der Waals surface area (Å²) in [5.41, 5.74) is 5.83. The summed E-state index contributed by atoms with van der Waals surface area (Å²) in [6, 6.07) is 27.1. The second-order valence-corrected chi connectivity index (χ2v) is 13.4. The first kappa shape index (κ1) is 35.6. The summed E-state index contributed by atoms with van der Waals surface area (Å²) in [4.78, 5) is 24.9. The first-order valence-electron chi connectivity index (χ1n) is 17.4. The van der Waals surface area contributed by atoms with Crippen molar-refractivity contribution in [2.75, 3.05) is 34.7 Å². The van der Waals surface area contributed by atoms with Crippen LogP contribution in [0, 0.1) is 23.7 Å². The highest BCUT2D eigenvalue weighted by Crippen LogP contribution is 2.55. The molecule has 0 amide bonds. The lowest BCUT2D eigenvalue weighted by Gasteiger charge is -2.32. The van der Waals surface area contributed by atoms with Gasteiger partial charge in [0, 0.05) is 24.0 Å². The van der Waals surface area contributed by atoms with Gasteiger partial charge >= 0.3 is 11.9 Å². The Morgan fingerprint density at radius 3 is 1.92 bits per heavy atom. The zero-order valence-corrected chi connectivity index (χ0v) is 30.1. The van der Waals surface area contributed by atoms with Crippen molar-refractivity contribution >= 4 is 11.9 Å². The third-order valence-corrected chi connectivity index (χ3v) is 10.2. The van der Waals surface area contributed by atoms with Crippen molar-refractivity contribution in [2.24, 2.45) is 23.7 Å². The van der Waals surface area contributed by atoms with Gasteiger partial charge in [-0.3, -0.25) is 9.59 Å². The van der Waals surface area contributed by atoms with Crippen LogP contribution >= 0.6 is 0 Å².